The number of nitrogens with one attached hydrogen (secondary N) is 1. The van der Waals surface area contributed by atoms with Crippen molar-refractivity contribution in [2.24, 2.45) is 0 Å². The monoisotopic (exact) mass is 296 g/mol. The van der Waals surface area contributed by atoms with E-state index >= 15 is 0 Å². The van der Waals surface area contributed by atoms with Gasteiger partial charge in [-0.1, -0.05) is 19.0 Å². The summed E-state index contributed by atoms with van der Waals surface area (Å²) >= 11 is 0. The van der Waals surface area contributed by atoms with Crippen LogP contribution in [0.4, 0.5) is 0 Å². The molecule has 1 aliphatic rings. The van der Waals surface area contributed by atoms with Gasteiger partial charge in [0.25, 0.3) is 0 Å². The van der Waals surface area contributed by atoms with Gasteiger partial charge in [-0.3, -0.25) is 4.90 Å². The molecular formula is C15H28N4O2. The highest BCUT2D eigenvalue weighted by atomic mass is 16.5. The Labute approximate surface area is 127 Å². The van der Waals surface area contributed by atoms with Crippen LogP contribution in [0.5, 0.6) is 0 Å². The molecule has 1 atom stereocenters. The van der Waals surface area contributed by atoms with Crippen LogP contribution in [0.15, 0.2) is 4.52 Å². The summed E-state index contributed by atoms with van der Waals surface area (Å²) in [7, 11) is 0. The summed E-state index contributed by atoms with van der Waals surface area (Å²) in [6.45, 7) is 13.0. The van der Waals surface area contributed by atoms with Crippen LogP contribution in [0.1, 0.15) is 58.3 Å². The molecular weight excluding hydrogens is 268 g/mol. The van der Waals surface area contributed by atoms with Gasteiger partial charge in [0.15, 0.2) is 0 Å². The lowest BCUT2D eigenvalue weighted by Crippen LogP contribution is -2.44. The molecule has 1 N–H and O–H groups in total. The average molecular weight is 296 g/mol. The van der Waals surface area contributed by atoms with Gasteiger partial charge < -0.3 is 14.6 Å². The molecule has 0 amide bonds. The number of piperazine rings is 1. The van der Waals surface area contributed by atoms with Crippen molar-refractivity contribution in [1.82, 2.24) is 20.4 Å². The lowest BCUT2D eigenvalue weighted by atomic mass is 9.96. The third-order valence-corrected chi connectivity index (χ3v) is 4.47. The van der Waals surface area contributed by atoms with Gasteiger partial charge in [-0.25, -0.2) is 0 Å². The van der Waals surface area contributed by atoms with Crippen molar-refractivity contribution in [2.75, 3.05) is 32.8 Å². The van der Waals surface area contributed by atoms with E-state index in [1.165, 1.54) is 0 Å². The topological polar surface area (TPSA) is 63.4 Å². The van der Waals surface area contributed by atoms with Gasteiger partial charge in [-0.05, 0) is 26.7 Å². The molecule has 0 bridgehead atoms. The number of aromatic nitrogens is 2. The molecule has 1 aromatic heterocycles. The van der Waals surface area contributed by atoms with Crippen molar-refractivity contribution in [1.29, 1.82) is 0 Å². The van der Waals surface area contributed by atoms with Gasteiger partial charge in [0.2, 0.25) is 11.7 Å². The molecule has 0 saturated carbocycles. The summed E-state index contributed by atoms with van der Waals surface area (Å²) in [6, 6.07) is 0.154. The maximum atomic E-state index is 5.94. The van der Waals surface area contributed by atoms with E-state index < -0.39 is 5.60 Å². The van der Waals surface area contributed by atoms with Crippen LogP contribution >= 0.6 is 0 Å². The summed E-state index contributed by atoms with van der Waals surface area (Å²) < 4.78 is 11.5. The Morgan fingerprint density at radius 3 is 2.52 bits per heavy atom. The minimum Gasteiger partial charge on any atom is -0.367 e. The molecule has 1 fully saturated rings. The van der Waals surface area contributed by atoms with Crippen molar-refractivity contribution < 1.29 is 9.26 Å². The molecule has 1 unspecified atom stereocenters. The van der Waals surface area contributed by atoms with E-state index in [0.29, 0.717) is 18.3 Å². The highest BCUT2D eigenvalue weighted by molar-refractivity contribution is 5.03. The van der Waals surface area contributed by atoms with E-state index in [9.17, 15) is 0 Å². The number of hydrogen-bond donors (Lipinski definition) is 1. The van der Waals surface area contributed by atoms with Crippen molar-refractivity contribution >= 4 is 0 Å². The second-order valence-electron chi connectivity index (χ2n) is 5.55. The smallest absolute Gasteiger partial charge is 0.243 e. The minimum absolute atomic E-state index is 0.154. The van der Waals surface area contributed by atoms with Crippen molar-refractivity contribution in [3.63, 3.8) is 0 Å². The van der Waals surface area contributed by atoms with Gasteiger partial charge in [-0.2, -0.15) is 4.98 Å². The fourth-order valence-corrected chi connectivity index (χ4v) is 2.93. The zero-order chi connectivity index (χ0) is 15.3. The molecule has 0 aliphatic carbocycles. The van der Waals surface area contributed by atoms with Gasteiger partial charge in [-0.15, -0.1) is 0 Å². The van der Waals surface area contributed by atoms with E-state index in [1.807, 2.05) is 6.92 Å². The molecule has 0 aromatic carbocycles. The lowest BCUT2D eigenvalue weighted by Gasteiger charge is -2.30. The Hall–Kier alpha value is -0.980. The summed E-state index contributed by atoms with van der Waals surface area (Å²) in [5.41, 5.74) is -0.417. The zero-order valence-electron chi connectivity index (χ0n) is 13.7. The first-order valence-corrected chi connectivity index (χ1v) is 8.09. The maximum Gasteiger partial charge on any atom is 0.243 e. The molecule has 2 heterocycles. The molecule has 6 heteroatoms. The third-order valence-electron chi connectivity index (χ3n) is 4.47. The van der Waals surface area contributed by atoms with Gasteiger partial charge in [0.1, 0.15) is 5.60 Å². The summed E-state index contributed by atoms with van der Waals surface area (Å²) in [4.78, 5) is 7.02. The molecule has 120 valence electrons. The predicted molar refractivity (Wildman–Crippen MR) is 81.0 cm³/mol. The summed E-state index contributed by atoms with van der Waals surface area (Å²) in [6.07, 6.45) is 1.69. The molecule has 1 aromatic rings. The van der Waals surface area contributed by atoms with Crippen LogP contribution < -0.4 is 5.32 Å². The van der Waals surface area contributed by atoms with E-state index in [4.69, 9.17) is 9.26 Å². The summed E-state index contributed by atoms with van der Waals surface area (Å²) in [5, 5.41) is 7.57. The highest BCUT2D eigenvalue weighted by Crippen LogP contribution is 2.32. The van der Waals surface area contributed by atoms with E-state index in [-0.39, 0.29) is 6.04 Å². The second-order valence-corrected chi connectivity index (χ2v) is 5.55. The molecule has 21 heavy (non-hydrogen) atoms. The van der Waals surface area contributed by atoms with Crippen molar-refractivity contribution in [3.8, 4) is 0 Å². The number of hydrogen-bond acceptors (Lipinski definition) is 6. The van der Waals surface area contributed by atoms with E-state index in [2.05, 4.69) is 41.1 Å². The Morgan fingerprint density at radius 1 is 1.29 bits per heavy atom. The molecule has 1 aliphatic heterocycles. The normalized spacial score (nSPS) is 18.9. The Morgan fingerprint density at radius 2 is 1.95 bits per heavy atom. The van der Waals surface area contributed by atoms with E-state index in [0.717, 1.165) is 39.0 Å². The van der Waals surface area contributed by atoms with Crippen LogP contribution in [0.25, 0.3) is 0 Å². The number of rotatable bonds is 7. The average Bonchev–Trinajstić information content (AvgIpc) is 3.03. The van der Waals surface area contributed by atoms with Crippen LogP contribution in [0, 0.1) is 0 Å². The van der Waals surface area contributed by atoms with E-state index in [1.54, 1.807) is 0 Å². The fraction of sp³-hybridized carbons (Fsp3) is 0.867. The summed E-state index contributed by atoms with van der Waals surface area (Å²) in [5.74, 6) is 1.38. The van der Waals surface area contributed by atoms with Crippen LogP contribution in [-0.2, 0) is 10.3 Å². The van der Waals surface area contributed by atoms with Gasteiger partial charge in [0.05, 0.1) is 6.04 Å². The first kappa shape index (κ1) is 16.4. The molecule has 1 saturated heterocycles. The molecule has 2 rings (SSSR count). The third kappa shape index (κ3) is 3.44. The van der Waals surface area contributed by atoms with Gasteiger partial charge in [0, 0.05) is 32.8 Å². The Bertz CT molecular complexity index is 425. The second kappa shape index (κ2) is 7.33. The Kier molecular flexibility index (Phi) is 5.72. The first-order valence-electron chi connectivity index (χ1n) is 8.09. The van der Waals surface area contributed by atoms with Crippen LogP contribution in [0.3, 0.4) is 0 Å². The SMILES string of the molecule is CCOC(CC)(CC)c1noc(C(C)N2CCNCC2)n1. The first-order chi connectivity index (χ1) is 10.2. The molecule has 6 nitrogen and oxygen atoms in total. The quantitative estimate of drug-likeness (QED) is 0.831. The predicted octanol–water partition coefficient (Wildman–Crippen LogP) is 2.09. The lowest BCUT2D eigenvalue weighted by molar-refractivity contribution is -0.0583. The number of ether oxygens (including phenoxy) is 1. The standard InChI is InChI=1S/C15H28N4O2/c1-5-15(6-2,20-7-3)14-17-13(21-18-14)12(4)19-10-8-16-9-11-19/h12,16H,5-11H2,1-4H3. The number of nitrogens with zero attached hydrogens (tertiary/aromatic N) is 3. The van der Waals surface area contributed by atoms with Gasteiger partial charge >= 0.3 is 0 Å². The molecule has 0 radical (unpaired) electrons. The maximum absolute atomic E-state index is 5.94. The highest BCUT2D eigenvalue weighted by Gasteiger charge is 2.35. The minimum atomic E-state index is -0.417. The van der Waals surface area contributed by atoms with Crippen LogP contribution in [0.2, 0.25) is 0 Å². The van der Waals surface area contributed by atoms with Crippen molar-refractivity contribution in [2.45, 2.75) is 52.2 Å². The van der Waals surface area contributed by atoms with Crippen molar-refractivity contribution in [3.05, 3.63) is 11.7 Å². The Balaban J connectivity index is 2.15. The fourth-order valence-electron chi connectivity index (χ4n) is 2.93. The van der Waals surface area contributed by atoms with Crippen LogP contribution in [-0.4, -0.2) is 47.8 Å². The molecule has 0 spiro atoms. The largest absolute Gasteiger partial charge is 0.367 e. The zero-order valence-corrected chi connectivity index (χ0v) is 13.7.